The minimum Gasteiger partial charge on any atom is -0.356 e. The predicted molar refractivity (Wildman–Crippen MR) is 44.1 cm³/mol. The maximum Gasteiger partial charge on any atom is 0.128 e. The van der Waals surface area contributed by atoms with Gasteiger partial charge in [-0.3, -0.25) is 0 Å². The number of rotatable bonds is 0. The van der Waals surface area contributed by atoms with E-state index in [9.17, 15) is 0 Å². The zero-order valence-electron chi connectivity index (χ0n) is 6.69. The Bertz CT molecular complexity index is 241. The summed E-state index contributed by atoms with van der Waals surface area (Å²) in [6, 6.07) is 8.12. The highest BCUT2D eigenvalue weighted by Crippen LogP contribution is 2.01. The molecule has 66 valence electrons. The van der Waals surface area contributed by atoms with Crippen molar-refractivity contribution in [3.63, 3.8) is 0 Å². The summed E-state index contributed by atoms with van der Waals surface area (Å²) >= 11 is 0. The molecule has 0 aliphatic rings. The monoisotopic (exact) mass is 170 g/mol. The summed E-state index contributed by atoms with van der Waals surface area (Å²) in [6.45, 7) is 2.06. The lowest BCUT2D eigenvalue weighted by atomic mass is 10.2. The lowest BCUT2D eigenvalue weighted by molar-refractivity contribution is -0.402. The Labute approximate surface area is 69.5 Å². The molecule has 0 aliphatic heterocycles. The van der Waals surface area contributed by atoms with Crippen LogP contribution in [0, 0.1) is 22.2 Å². The topological polar surface area (TPSA) is 93.8 Å². The first-order valence-corrected chi connectivity index (χ1v) is 3.22. The van der Waals surface area contributed by atoms with Crippen molar-refractivity contribution in [2.24, 2.45) is 0 Å². The molecule has 0 aliphatic carbocycles. The van der Waals surface area contributed by atoms with Crippen molar-refractivity contribution in [2.45, 2.75) is 6.92 Å². The first kappa shape index (κ1) is 10.4. The summed E-state index contributed by atoms with van der Waals surface area (Å²) in [5.74, 6) is 0. The van der Waals surface area contributed by atoms with Crippen molar-refractivity contribution in [1.82, 2.24) is 0 Å². The molecule has 0 atom stereocenters. The van der Waals surface area contributed by atoms with Crippen LogP contribution in [0.25, 0.3) is 0 Å². The first-order chi connectivity index (χ1) is 5.52. The molecular formula is C7H10N2O3. The molecule has 0 saturated carbocycles. The van der Waals surface area contributed by atoms with Gasteiger partial charge in [-0.25, -0.2) is 0 Å². The molecule has 0 fully saturated rings. The Kier molecular flexibility index (Phi) is 4.40. The van der Waals surface area contributed by atoms with Gasteiger partial charge in [-0.2, -0.15) is 0 Å². The molecule has 0 saturated heterocycles. The molecule has 0 heterocycles. The van der Waals surface area contributed by atoms with E-state index in [1.165, 1.54) is 5.56 Å². The van der Waals surface area contributed by atoms with Crippen molar-refractivity contribution in [2.75, 3.05) is 0 Å². The molecule has 1 rings (SSSR count). The number of hydrogen-bond acceptors (Lipinski definition) is 3. The molecule has 0 aromatic heterocycles. The Morgan fingerprint density at radius 2 is 1.92 bits per heavy atom. The average Bonchev–Trinajstić information content (AvgIpc) is 1.84. The fourth-order valence-electron chi connectivity index (χ4n) is 0.712. The SMILES string of the molecule is Cc1cccc([NH3+])c1.O=[N+]([O-])[O-]. The molecule has 0 unspecified atom stereocenters. The number of aryl methyl sites for hydroxylation is 1. The second-order valence-corrected chi connectivity index (χ2v) is 2.21. The first-order valence-electron chi connectivity index (χ1n) is 3.22. The zero-order chi connectivity index (χ0) is 9.56. The third kappa shape index (κ3) is 6.50. The van der Waals surface area contributed by atoms with E-state index in [0.29, 0.717) is 0 Å². The molecule has 1 aromatic rings. The largest absolute Gasteiger partial charge is 0.356 e. The highest BCUT2D eigenvalue weighted by Gasteiger charge is 1.84. The standard InChI is InChI=1S/C7H9N.NO3/c1-6-3-2-4-7(8)5-6;2-1(3)4/h2-5H,8H2,1H3;/q;-1/p+1. The number of nitrogens with zero attached hydrogens (tertiary/aromatic N) is 1. The van der Waals surface area contributed by atoms with Crippen LogP contribution in [0.4, 0.5) is 5.69 Å². The van der Waals surface area contributed by atoms with E-state index in [1.807, 2.05) is 12.1 Å². The maximum atomic E-state index is 8.25. The van der Waals surface area contributed by atoms with Gasteiger partial charge in [0.05, 0.1) is 5.09 Å². The van der Waals surface area contributed by atoms with Gasteiger partial charge in [0.15, 0.2) is 0 Å². The van der Waals surface area contributed by atoms with Crippen molar-refractivity contribution >= 4 is 5.69 Å². The van der Waals surface area contributed by atoms with Crippen molar-refractivity contribution < 1.29 is 10.8 Å². The van der Waals surface area contributed by atoms with Gasteiger partial charge in [0.2, 0.25) is 0 Å². The van der Waals surface area contributed by atoms with E-state index in [4.69, 9.17) is 15.3 Å². The van der Waals surface area contributed by atoms with E-state index in [0.717, 1.165) is 5.69 Å². The number of benzene rings is 1. The average molecular weight is 170 g/mol. The smallest absolute Gasteiger partial charge is 0.128 e. The van der Waals surface area contributed by atoms with E-state index in [-0.39, 0.29) is 0 Å². The van der Waals surface area contributed by atoms with Crippen LogP contribution in [0.5, 0.6) is 0 Å². The zero-order valence-corrected chi connectivity index (χ0v) is 6.69. The molecule has 5 nitrogen and oxygen atoms in total. The summed E-state index contributed by atoms with van der Waals surface area (Å²) < 4.78 is 0. The quantitative estimate of drug-likeness (QED) is 0.457. The van der Waals surface area contributed by atoms with Crippen LogP contribution in [-0.2, 0) is 0 Å². The second kappa shape index (κ2) is 5.09. The fraction of sp³-hybridized carbons (Fsp3) is 0.143. The molecule has 0 amide bonds. The van der Waals surface area contributed by atoms with E-state index < -0.39 is 5.09 Å². The van der Waals surface area contributed by atoms with E-state index >= 15 is 0 Å². The van der Waals surface area contributed by atoms with Crippen LogP contribution >= 0.6 is 0 Å². The second-order valence-electron chi connectivity index (χ2n) is 2.21. The Balaban J connectivity index is 0.000000261. The Morgan fingerprint density at radius 1 is 1.42 bits per heavy atom. The molecular weight excluding hydrogens is 160 g/mol. The van der Waals surface area contributed by atoms with Gasteiger partial charge in [0.25, 0.3) is 0 Å². The Hall–Kier alpha value is -1.62. The lowest BCUT2D eigenvalue weighted by Crippen LogP contribution is -2.39. The minimum absolute atomic E-state index is 1.09. The van der Waals surface area contributed by atoms with Gasteiger partial charge in [-0.15, -0.1) is 0 Å². The van der Waals surface area contributed by atoms with Crippen molar-refractivity contribution in [1.29, 1.82) is 0 Å². The van der Waals surface area contributed by atoms with Crippen LogP contribution in [-0.4, -0.2) is 5.09 Å². The van der Waals surface area contributed by atoms with Crippen LogP contribution in [0.15, 0.2) is 24.3 Å². The highest BCUT2D eigenvalue weighted by atomic mass is 16.9. The molecule has 5 heteroatoms. The number of quaternary nitrogens is 1. The summed E-state index contributed by atoms with van der Waals surface area (Å²) in [5, 5.41) is 14.8. The van der Waals surface area contributed by atoms with Gasteiger partial charge < -0.3 is 21.1 Å². The summed E-state index contributed by atoms with van der Waals surface area (Å²) in [6.07, 6.45) is 0. The van der Waals surface area contributed by atoms with Crippen LogP contribution < -0.4 is 5.73 Å². The third-order valence-electron chi connectivity index (χ3n) is 1.08. The molecule has 1 aromatic carbocycles. The molecule has 0 radical (unpaired) electrons. The van der Waals surface area contributed by atoms with E-state index in [1.54, 1.807) is 0 Å². The normalized spacial score (nSPS) is 8.17. The lowest BCUT2D eigenvalue weighted by Gasteiger charge is -1.87. The molecule has 0 bridgehead atoms. The van der Waals surface area contributed by atoms with Gasteiger partial charge in [0, 0.05) is 6.07 Å². The fourth-order valence-corrected chi connectivity index (χ4v) is 0.712. The van der Waals surface area contributed by atoms with Gasteiger partial charge in [-0.1, -0.05) is 12.1 Å². The summed E-state index contributed by atoms with van der Waals surface area (Å²) in [7, 11) is 0. The van der Waals surface area contributed by atoms with Crippen LogP contribution in [0.3, 0.4) is 0 Å². The van der Waals surface area contributed by atoms with Crippen LogP contribution in [0.1, 0.15) is 5.56 Å². The van der Waals surface area contributed by atoms with E-state index in [2.05, 4.69) is 24.8 Å². The third-order valence-corrected chi connectivity index (χ3v) is 1.08. The van der Waals surface area contributed by atoms with Crippen molar-refractivity contribution in [3.8, 4) is 0 Å². The summed E-state index contributed by atoms with van der Waals surface area (Å²) in [5.41, 5.74) is 6.14. The summed E-state index contributed by atoms with van der Waals surface area (Å²) in [4.78, 5) is 8.25. The Morgan fingerprint density at radius 3 is 2.17 bits per heavy atom. The van der Waals surface area contributed by atoms with Crippen molar-refractivity contribution in [3.05, 3.63) is 45.2 Å². The molecule has 12 heavy (non-hydrogen) atoms. The van der Waals surface area contributed by atoms with Gasteiger partial charge >= 0.3 is 0 Å². The molecule has 3 N–H and O–H groups in total. The molecule has 0 spiro atoms. The predicted octanol–water partition coefficient (Wildman–Crippen LogP) is 0.629. The minimum atomic E-state index is -1.75. The number of hydrogen-bond donors (Lipinski definition) is 1. The van der Waals surface area contributed by atoms with Gasteiger partial charge in [-0.05, 0) is 18.6 Å². The highest BCUT2D eigenvalue weighted by molar-refractivity contribution is 5.31. The van der Waals surface area contributed by atoms with Gasteiger partial charge in [0.1, 0.15) is 5.69 Å². The maximum absolute atomic E-state index is 8.25. The van der Waals surface area contributed by atoms with Crippen LogP contribution in [0.2, 0.25) is 0 Å².